The fourth-order valence-corrected chi connectivity index (χ4v) is 3.16. The zero-order valence-corrected chi connectivity index (χ0v) is 14.3. The van der Waals surface area contributed by atoms with Gasteiger partial charge in [-0.15, -0.1) is 0 Å². The molecule has 1 aromatic carbocycles. The van der Waals surface area contributed by atoms with Crippen molar-refractivity contribution in [3.05, 3.63) is 47.7 Å². The molecule has 1 saturated carbocycles. The van der Waals surface area contributed by atoms with Gasteiger partial charge in [-0.1, -0.05) is 0 Å². The van der Waals surface area contributed by atoms with Crippen molar-refractivity contribution >= 4 is 22.7 Å². The highest BCUT2D eigenvalue weighted by Gasteiger charge is 2.26. The van der Waals surface area contributed by atoms with Crippen molar-refractivity contribution in [1.29, 1.82) is 0 Å². The van der Waals surface area contributed by atoms with Gasteiger partial charge in [0.1, 0.15) is 11.6 Å². The molecule has 3 aromatic heterocycles. The molecule has 3 heterocycles. The molecule has 0 aliphatic heterocycles. The second-order valence-corrected chi connectivity index (χ2v) is 6.73. The molecule has 9 heteroatoms. The molecule has 27 heavy (non-hydrogen) atoms. The van der Waals surface area contributed by atoms with E-state index in [1.807, 2.05) is 6.07 Å². The number of benzene rings is 1. The number of nitrogens with one attached hydrogen (secondary N) is 3. The predicted octanol–water partition coefficient (Wildman–Crippen LogP) is 2.95. The van der Waals surface area contributed by atoms with Gasteiger partial charge in [0.05, 0.1) is 23.0 Å². The summed E-state index contributed by atoms with van der Waals surface area (Å²) in [6.07, 6.45) is 5.70. The first kappa shape index (κ1) is 15.7. The van der Waals surface area contributed by atoms with E-state index in [-0.39, 0.29) is 5.82 Å². The van der Waals surface area contributed by atoms with Gasteiger partial charge >= 0.3 is 0 Å². The standard InChI is InChI=1S/C18H17FN8/c19-11-3-10(12-8-23-25-15(12)4-11)6-21-18-22-7-13(17(20)24-18)16-5-14(26-27-16)9-1-2-9/h3-5,7-9H,1-2,6H2,(H,23,25)(H,26,27)(H3,20,21,22,24). The highest BCUT2D eigenvalue weighted by atomic mass is 19.1. The Morgan fingerprint density at radius 2 is 2.07 bits per heavy atom. The van der Waals surface area contributed by atoms with Crippen molar-refractivity contribution in [1.82, 2.24) is 30.4 Å². The summed E-state index contributed by atoms with van der Waals surface area (Å²) in [5.41, 5.74) is 10.1. The number of hydrogen-bond acceptors (Lipinski definition) is 6. The largest absolute Gasteiger partial charge is 0.383 e. The third kappa shape index (κ3) is 2.97. The normalized spacial score (nSPS) is 14.0. The van der Waals surface area contributed by atoms with Gasteiger partial charge in [0.15, 0.2) is 0 Å². The Labute approximate surface area is 153 Å². The van der Waals surface area contributed by atoms with E-state index in [0.29, 0.717) is 35.3 Å². The zero-order chi connectivity index (χ0) is 18.4. The van der Waals surface area contributed by atoms with Gasteiger partial charge in [0.2, 0.25) is 5.95 Å². The summed E-state index contributed by atoms with van der Waals surface area (Å²) in [7, 11) is 0. The van der Waals surface area contributed by atoms with Gasteiger partial charge in [-0.2, -0.15) is 15.2 Å². The molecule has 1 fully saturated rings. The molecule has 1 aliphatic carbocycles. The van der Waals surface area contributed by atoms with Crippen LogP contribution in [-0.4, -0.2) is 30.4 Å². The maximum absolute atomic E-state index is 13.7. The highest BCUT2D eigenvalue weighted by Crippen LogP contribution is 2.40. The van der Waals surface area contributed by atoms with Crippen LogP contribution in [0.2, 0.25) is 0 Å². The van der Waals surface area contributed by atoms with Crippen molar-refractivity contribution in [3.63, 3.8) is 0 Å². The number of aromatic amines is 2. The Balaban J connectivity index is 1.36. The second-order valence-electron chi connectivity index (χ2n) is 6.73. The number of fused-ring (bicyclic) bond motifs is 1. The fourth-order valence-electron chi connectivity index (χ4n) is 3.16. The van der Waals surface area contributed by atoms with Crippen LogP contribution >= 0.6 is 0 Å². The topological polar surface area (TPSA) is 121 Å². The molecule has 5 N–H and O–H groups in total. The molecule has 0 unspecified atom stereocenters. The predicted molar refractivity (Wildman–Crippen MR) is 99.4 cm³/mol. The first-order chi connectivity index (χ1) is 13.2. The molecule has 5 rings (SSSR count). The molecule has 0 saturated heterocycles. The average Bonchev–Trinajstić information content (AvgIpc) is 3.19. The maximum Gasteiger partial charge on any atom is 0.224 e. The monoisotopic (exact) mass is 364 g/mol. The lowest BCUT2D eigenvalue weighted by molar-refractivity contribution is 0.627. The summed E-state index contributed by atoms with van der Waals surface area (Å²) in [5, 5.41) is 18.0. The Bertz CT molecular complexity index is 1130. The van der Waals surface area contributed by atoms with Gasteiger partial charge < -0.3 is 11.1 Å². The third-order valence-electron chi connectivity index (χ3n) is 4.76. The number of H-pyrrole nitrogens is 2. The molecule has 0 spiro atoms. The van der Waals surface area contributed by atoms with Crippen molar-refractivity contribution in [3.8, 4) is 11.3 Å². The Kier molecular flexibility index (Phi) is 3.52. The summed E-state index contributed by atoms with van der Waals surface area (Å²) in [4.78, 5) is 8.63. The number of halogens is 1. The van der Waals surface area contributed by atoms with Crippen LogP contribution < -0.4 is 11.1 Å². The summed E-state index contributed by atoms with van der Waals surface area (Å²) in [6.45, 7) is 0.348. The molecule has 136 valence electrons. The van der Waals surface area contributed by atoms with Crippen LogP contribution in [0.4, 0.5) is 16.2 Å². The molecule has 8 nitrogen and oxygen atoms in total. The summed E-state index contributed by atoms with van der Waals surface area (Å²) >= 11 is 0. The van der Waals surface area contributed by atoms with Crippen LogP contribution in [0.3, 0.4) is 0 Å². The Hall–Kier alpha value is -3.49. The van der Waals surface area contributed by atoms with E-state index in [9.17, 15) is 4.39 Å². The van der Waals surface area contributed by atoms with Crippen LogP contribution in [0, 0.1) is 5.82 Å². The van der Waals surface area contributed by atoms with Crippen molar-refractivity contribution in [2.24, 2.45) is 0 Å². The van der Waals surface area contributed by atoms with Crippen LogP contribution in [0.5, 0.6) is 0 Å². The van der Waals surface area contributed by atoms with Crippen LogP contribution in [0.15, 0.2) is 30.6 Å². The number of aromatic nitrogens is 6. The molecule has 4 aromatic rings. The van der Waals surface area contributed by atoms with Gasteiger partial charge in [-0.25, -0.2) is 9.37 Å². The average molecular weight is 364 g/mol. The van der Waals surface area contributed by atoms with E-state index < -0.39 is 0 Å². The maximum atomic E-state index is 13.7. The molecule has 1 aliphatic rings. The molecular weight excluding hydrogens is 347 g/mol. The highest BCUT2D eigenvalue weighted by molar-refractivity contribution is 5.82. The van der Waals surface area contributed by atoms with E-state index >= 15 is 0 Å². The molecule has 0 amide bonds. The van der Waals surface area contributed by atoms with Crippen LogP contribution in [0.1, 0.15) is 30.0 Å². The summed E-state index contributed by atoms with van der Waals surface area (Å²) < 4.78 is 13.7. The van der Waals surface area contributed by atoms with Crippen molar-refractivity contribution in [2.75, 3.05) is 11.1 Å². The van der Waals surface area contributed by atoms with Crippen LogP contribution in [-0.2, 0) is 6.54 Å². The van der Waals surface area contributed by atoms with E-state index in [4.69, 9.17) is 5.73 Å². The summed E-state index contributed by atoms with van der Waals surface area (Å²) in [6, 6.07) is 4.88. The fraction of sp³-hybridized carbons (Fsp3) is 0.222. The zero-order valence-electron chi connectivity index (χ0n) is 14.3. The number of nitrogens with zero attached hydrogens (tertiary/aromatic N) is 4. The van der Waals surface area contributed by atoms with Gasteiger partial charge in [0.25, 0.3) is 0 Å². The van der Waals surface area contributed by atoms with Gasteiger partial charge in [-0.05, 0) is 36.6 Å². The summed E-state index contributed by atoms with van der Waals surface area (Å²) in [5.74, 6) is 0.967. The first-order valence-corrected chi connectivity index (χ1v) is 8.71. The lowest BCUT2D eigenvalue weighted by Crippen LogP contribution is -2.06. The molecule has 0 atom stereocenters. The van der Waals surface area contributed by atoms with Gasteiger partial charge in [0, 0.05) is 29.7 Å². The van der Waals surface area contributed by atoms with E-state index in [0.717, 1.165) is 22.3 Å². The SMILES string of the molecule is Nc1nc(NCc2cc(F)cc3[nH]ncc23)ncc1-c1cc(C2CC2)[nH]n1. The number of rotatable bonds is 5. The van der Waals surface area contributed by atoms with Crippen molar-refractivity contribution < 1.29 is 4.39 Å². The lowest BCUT2D eigenvalue weighted by atomic mass is 10.1. The Morgan fingerprint density at radius 3 is 2.89 bits per heavy atom. The minimum absolute atomic E-state index is 0.329. The number of nitrogen functional groups attached to an aromatic ring is 1. The molecule has 0 radical (unpaired) electrons. The number of hydrogen-bond donors (Lipinski definition) is 4. The van der Waals surface area contributed by atoms with E-state index in [2.05, 4.69) is 35.7 Å². The third-order valence-corrected chi connectivity index (χ3v) is 4.76. The number of nitrogens with two attached hydrogens (primary N) is 1. The Morgan fingerprint density at radius 1 is 1.19 bits per heavy atom. The van der Waals surface area contributed by atoms with E-state index in [1.165, 1.54) is 25.0 Å². The van der Waals surface area contributed by atoms with E-state index in [1.54, 1.807) is 12.4 Å². The minimum atomic E-state index is -0.329. The smallest absolute Gasteiger partial charge is 0.224 e. The first-order valence-electron chi connectivity index (χ1n) is 8.71. The lowest BCUT2D eigenvalue weighted by Gasteiger charge is -2.08. The van der Waals surface area contributed by atoms with Gasteiger partial charge in [-0.3, -0.25) is 10.2 Å². The molecular formula is C18H17FN8. The molecule has 0 bridgehead atoms. The van der Waals surface area contributed by atoms with Crippen LogP contribution in [0.25, 0.3) is 22.2 Å². The second kappa shape index (κ2) is 6.04. The quantitative estimate of drug-likeness (QED) is 0.432. The minimum Gasteiger partial charge on any atom is -0.383 e. The van der Waals surface area contributed by atoms with Crippen molar-refractivity contribution in [2.45, 2.75) is 25.3 Å². The number of anilines is 2.